The zero-order valence-corrected chi connectivity index (χ0v) is 29.4. The quantitative estimate of drug-likeness (QED) is 0.167. The summed E-state index contributed by atoms with van der Waals surface area (Å²) in [7, 11) is 0. The van der Waals surface area contributed by atoms with Gasteiger partial charge in [-0.25, -0.2) is 0 Å². The van der Waals surface area contributed by atoms with Crippen LogP contribution in [-0.2, 0) is 25.5 Å². The Morgan fingerprint density at radius 2 is 1.29 bits per heavy atom. The van der Waals surface area contributed by atoms with E-state index < -0.39 is 0 Å². The van der Waals surface area contributed by atoms with Crippen molar-refractivity contribution in [1.29, 1.82) is 0 Å². The van der Waals surface area contributed by atoms with Gasteiger partial charge in [-0.1, -0.05) is 105 Å². The van der Waals surface area contributed by atoms with Crippen LogP contribution >= 0.6 is 0 Å². The Morgan fingerprint density at radius 3 is 2.00 bits per heavy atom. The third-order valence-electron chi connectivity index (χ3n) is 8.89. The maximum atomic E-state index is 4.81. The molecule has 9 rings (SSSR count). The molecule has 4 heteroatoms. The van der Waals surface area contributed by atoms with Crippen LogP contribution in [0.1, 0.15) is 26.3 Å². The monoisotopic (exact) mass is 796 g/mol. The summed E-state index contributed by atoms with van der Waals surface area (Å²) in [5.74, 6) is 0. The van der Waals surface area contributed by atoms with Crippen LogP contribution in [0.25, 0.3) is 71.7 Å². The number of fused-ring (bicyclic) bond motifs is 6. The van der Waals surface area contributed by atoms with Crippen LogP contribution in [0.4, 0.5) is 0 Å². The SMILES string of the molecule is CC(C)(C)c1cc2c3cc(-c4ccc(-c5ccccc5)cn4)[c-]cc3n3c4ccccc4c(c1)c23.[Ir].[c-]1ccccc1-c1ccccn1. The number of nitrogens with zero attached hydrogens (tertiary/aromatic N) is 3. The van der Waals surface area contributed by atoms with Gasteiger partial charge in [-0.15, -0.1) is 59.7 Å². The Hall–Kier alpha value is -5.15. The predicted octanol–water partition coefficient (Wildman–Crippen LogP) is 11.2. The largest absolute Gasteiger partial charge is 0.350 e. The molecule has 0 bridgehead atoms. The van der Waals surface area contributed by atoms with E-state index in [-0.39, 0.29) is 25.5 Å². The summed E-state index contributed by atoms with van der Waals surface area (Å²) < 4.78 is 2.41. The van der Waals surface area contributed by atoms with Crippen molar-refractivity contribution in [3.05, 3.63) is 164 Å². The Bertz CT molecular complexity index is 2420. The molecule has 48 heavy (non-hydrogen) atoms. The van der Waals surface area contributed by atoms with Crippen molar-refractivity contribution in [2.75, 3.05) is 0 Å². The molecule has 0 saturated heterocycles. The predicted molar refractivity (Wildman–Crippen MR) is 196 cm³/mol. The molecule has 1 radical (unpaired) electrons. The topological polar surface area (TPSA) is 30.2 Å². The first kappa shape index (κ1) is 31.4. The van der Waals surface area contributed by atoms with Crippen LogP contribution in [0.3, 0.4) is 0 Å². The van der Waals surface area contributed by atoms with Crippen molar-refractivity contribution in [3.63, 3.8) is 0 Å². The van der Waals surface area contributed by atoms with E-state index in [1.165, 1.54) is 49.2 Å². The van der Waals surface area contributed by atoms with E-state index in [1.807, 2.05) is 54.7 Å². The molecule has 0 saturated carbocycles. The first-order valence-electron chi connectivity index (χ1n) is 16.0. The molecule has 4 heterocycles. The first-order valence-corrected chi connectivity index (χ1v) is 16.0. The maximum Gasteiger partial charge on any atom is 0.0516 e. The average Bonchev–Trinajstić information content (AvgIpc) is 3.64. The van der Waals surface area contributed by atoms with Crippen LogP contribution in [0.2, 0.25) is 0 Å². The molecule has 4 aromatic heterocycles. The summed E-state index contributed by atoms with van der Waals surface area (Å²) in [6.07, 6.45) is 3.75. The van der Waals surface area contributed by atoms with E-state index >= 15 is 0 Å². The fraction of sp³-hybridized carbons (Fsp3) is 0.0909. The molecule has 0 fully saturated rings. The second-order valence-corrected chi connectivity index (χ2v) is 13.0. The third-order valence-corrected chi connectivity index (χ3v) is 8.89. The molecule has 0 unspecified atom stereocenters. The van der Waals surface area contributed by atoms with E-state index in [1.54, 1.807) is 6.20 Å². The van der Waals surface area contributed by atoms with Gasteiger partial charge in [0, 0.05) is 48.8 Å². The number of para-hydroxylation sites is 1. The minimum Gasteiger partial charge on any atom is -0.350 e. The van der Waals surface area contributed by atoms with Crippen LogP contribution in [0, 0.1) is 12.1 Å². The van der Waals surface area contributed by atoms with Crippen LogP contribution in [-0.4, -0.2) is 14.4 Å². The molecule has 0 atom stereocenters. The molecule has 0 N–H and O–H groups in total. The molecule has 235 valence electrons. The minimum absolute atomic E-state index is 0. The van der Waals surface area contributed by atoms with Gasteiger partial charge in [-0.3, -0.25) is 0 Å². The van der Waals surface area contributed by atoms with Crippen LogP contribution in [0.5, 0.6) is 0 Å². The van der Waals surface area contributed by atoms with E-state index in [9.17, 15) is 0 Å². The summed E-state index contributed by atoms with van der Waals surface area (Å²) in [5, 5.41) is 5.19. The van der Waals surface area contributed by atoms with Crippen molar-refractivity contribution < 1.29 is 20.1 Å². The van der Waals surface area contributed by atoms with E-state index in [0.29, 0.717) is 0 Å². The molecule has 3 nitrogen and oxygen atoms in total. The van der Waals surface area contributed by atoms with Gasteiger partial charge < -0.3 is 14.4 Å². The van der Waals surface area contributed by atoms with Crippen molar-refractivity contribution in [3.8, 4) is 33.6 Å². The number of rotatable bonds is 3. The zero-order valence-electron chi connectivity index (χ0n) is 27.0. The number of hydrogen-bond acceptors (Lipinski definition) is 2. The normalized spacial score (nSPS) is 11.5. The van der Waals surface area contributed by atoms with E-state index in [4.69, 9.17) is 4.98 Å². The fourth-order valence-corrected chi connectivity index (χ4v) is 6.45. The summed E-state index contributed by atoms with van der Waals surface area (Å²) in [6, 6.07) is 52.9. The molecule has 0 aliphatic rings. The Balaban J connectivity index is 0.000000237. The Morgan fingerprint density at radius 1 is 0.562 bits per heavy atom. The molecular weight excluding hydrogens is 763 g/mol. The van der Waals surface area contributed by atoms with Crippen molar-refractivity contribution in [2.24, 2.45) is 0 Å². The Labute approximate surface area is 294 Å². The third kappa shape index (κ3) is 5.68. The van der Waals surface area contributed by atoms with Gasteiger partial charge in [-0.2, -0.15) is 0 Å². The standard InChI is InChI=1S/C33H25N2.C11H8N.Ir/c1-33(2,3)24-18-27-25-11-7-8-12-30(25)35-31-16-14-22(17-26(31)28(19-24)32(27)35)29-15-13-23(20-34-29)21-9-5-4-6-10-21;1-2-6-10(7-3-1)11-8-4-5-9-12-11;/h4-13,15-20H,1-3H3;1-6,8-9H;/q2*-1;. The summed E-state index contributed by atoms with van der Waals surface area (Å²) in [6.45, 7) is 6.87. The summed E-state index contributed by atoms with van der Waals surface area (Å²) in [4.78, 5) is 9.02. The second-order valence-electron chi connectivity index (χ2n) is 13.0. The first-order chi connectivity index (χ1) is 23.0. The molecule has 0 spiro atoms. The van der Waals surface area contributed by atoms with Crippen LogP contribution in [0.15, 0.2) is 146 Å². The molecule has 5 aromatic carbocycles. The second kappa shape index (κ2) is 12.8. The summed E-state index contributed by atoms with van der Waals surface area (Å²) >= 11 is 0. The van der Waals surface area contributed by atoms with Gasteiger partial charge in [0.25, 0.3) is 0 Å². The maximum absolute atomic E-state index is 4.81. The van der Waals surface area contributed by atoms with Gasteiger partial charge in [0.15, 0.2) is 0 Å². The van der Waals surface area contributed by atoms with Gasteiger partial charge >= 0.3 is 0 Å². The van der Waals surface area contributed by atoms with E-state index in [0.717, 1.165) is 28.1 Å². The number of pyridine rings is 2. The summed E-state index contributed by atoms with van der Waals surface area (Å²) in [5.41, 5.74) is 11.4. The van der Waals surface area contributed by atoms with Crippen molar-refractivity contribution in [1.82, 2.24) is 14.4 Å². The smallest absolute Gasteiger partial charge is 0.0516 e. The molecule has 0 aliphatic heterocycles. The molecule has 0 amide bonds. The van der Waals surface area contributed by atoms with Crippen molar-refractivity contribution >= 4 is 38.1 Å². The van der Waals surface area contributed by atoms with Crippen LogP contribution < -0.4 is 0 Å². The van der Waals surface area contributed by atoms with Gasteiger partial charge in [0.2, 0.25) is 0 Å². The minimum atomic E-state index is 0. The zero-order chi connectivity index (χ0) is 32.0. The van der Waals surface area contributed by atoms with E-state index in [2.05, 4.69) is 127 Å². The fourth-order valence-electron chi connectivity index (χ4n) is 6.45. The molecule has 9 aromatic rings. The van der Waals surface area contributed by atoms with Gasteiger partial charge in [0.05, 0.1) is 5.52 Å². The average molecular weight is 796 g/mol. The molecule has 0 aliphatic carbocycles. The number of aromatic nitrogens is 3. The van der Waals surface area contributed by atoms with Crippen molar-refractivity contribution in [2.45, 2.75) is 26.2 Å². The number of benzene rings is 5. The Kier molecular flexibility index (Phi) is 8.39. The van der Waals surface area contributed by atoms with Gasteiger partial charge in [-0.05, 0) is 62.6 Å². The number of hydrogen-bond donors (Lipinski definition) is 0. The molecular formula is C44H33IrN3-2. The van der Waals surface area contributed by atoms with Gasteiger partial charge in [0.1, 0.15) is 0 Å².